The van der Waals surface area contributed by atoms with Gasteiger partial charge in [0.25, 0.3) is 0 Å². The Kier molecular flexibility index (Phi) is 9.39. The Bertz CT molecular complexity index is 2230. The maximum absolute atomic E-state index is 6.48. The molecule has 0 saturated heterocycles. The zero-order valence-electron chi connectivity index (χ0n) is 28.6. The minimum atomic E-state index is -1.72. The molecule has 0 bridgehead atoms. The average molecular weight is 866 g/mol. The molecule has 5 heteroatoms. The van der Waals surface area contributed by atoms with E-state index in [0.717, 1.165) is 39.1 Å². The van der Waals surface area contributed by atoms with Crippen molar-refractivity contribution in [3.8, 4) is 33.6 Å². The van der Waals surface area contributed by atoms with Crippen LogP contribution in [0.1, 0.15) is 50.3 Å². The molecule has 1 radical (unpaired) electrons. The van der Waals surface area contributed by atoms with Gasteiger partial charge in [-0.3, -0.25) is 0 Å². The fourth-order valence-corrected chi connectivity index (χ4v) is 8.96. The molecule has 3 heterocycles. The van der Waals surface area contributed by atoms with Crippen molar-refractivity contribution < 1.29 is 24.5 Å². The van der Waals surface area contributed by atoms with Gasteiger partial charge in [-0.25, -0.2) is 0 Å². The molecule has 8 rings (SSSR count). The van der Waals surface area contributed by atoms with E-state index in [2.05, 4.69) is 134 Å². The number of hydrogen-bond acceptors (Lipinski definition) is 3. The zero-order chi connectivity index (χ0) is 32.9. The molecule has 7 aromatic rings. The summed E-state index contributed by atoms with van der Waals surface area (Å²) in [6, 6.07) is 40.4. The van der Waals surface area contributed by atoms with Crippen LogP contribution >= 0.6 is 0 Å². The van der Waals surface area contributed by atoms with Crippen molar-refractivity contribution in [3.05, 3.63) is 138 Å². The molecule has 1 aliphatic carbocycles. The normalized spacial score (nSPS) is 13.1. The molecule has 0 atom stereocenters. The minimum Gasteiger partial charge on any atom is 0 e. The number of pyridine rings is 2. The smallest absolute Gasteiger partial charge is 0 e. The van der Waals surface area contributed by atoms with E-state index in [4.69, 9.17) is 4.42 Å². The van der Waals surface area contributed by atoms with Gasteiger partial charge in [-0.2, -0.15) is 0 Å². The number of benzene rings is 4. The first-order valence-electron chi connectivity index (χ1n) is 16.4. The van der Waals surface area contributed by atoms with Crippen LogP contribution in [0.5, 0.6) is 0 Å². The van der Waals surface area contributed by atoms with Crippen molar-refractivity contribution in [2.45, 2.75) is 56.3 Å². The molecule has 0 aliphatic heterocycles. The Morgan fingerprint density at radius 1 is 0.771 bits per heavy atom. The molecule has 0 amide bonds. The molecular formula is C43H40GeIrN2O-2. The Labute approximate surface area is 300 Å². The van der Waals surface area contributed by atoms with Crippen LogP contribution in [0.25, 0.3) is 55.6 Å². The van der Waals surface area contributed by atoms with Gasteiger partial charge in [0.05, 0.1) is 5.58 Å². The van der Waals surface area contributed by atoms with Crippen molar-refractivity contribution in [1.82, 2.24) is 9.97 Å². The van der Waals surface area contributed by atoms with Crippen LogP contribution in [0.15, 0.2) is 114 Å². The van der Waals surface area contributed by atoms with Crippen LogP contribution in [-0.4, -0.2) is 23.2 Å². The van der Waals surface area contributed by atoms with E-state index in [1.165, 1.54) is 37.6 Å². The summed E-state index contributed by atoms with van der Waals surface area (Å²) >= 11 is -1.72. The second kappa shape index (κ2) is 13.2. The van der Waals surface area contributed by atoms with Gasteiger partial charge in [0.1, 0.15) is 5.58 Å². The molecule has 0 spiro atoms. The molecule has 3 nitrogen and oxygen atoms in total. The number of hydrogen-bond donors (Lipinski definition) is 0. The predicted molar refractivity (Wildman–Crippen MR) is 199 cm³/mol. The summed E-state index contributed by atoms with van der Waals surface area (Å²) in [6.45, 7) is 9.04. The van der Waals surface area contributed by atoms with Gasteiger partial charge in [-0.1, -0.05) is 80.6 Å². The van der Waals surface area contributed by atoms with Crippen LogP contribution in [0.4, 0.5) is 0 Å². The largest absolute Gasteiger partial charge is 0 e. The minimum absolute atomic E-state index is 0. The third-order valence-corrected chi connectivity index (χ3v) is 13.7. The van der Waals surface area contributed by atoms with E-state index in [1.807, 2.05) is 42.7 Å². The van der Waals surface area contributed by atoms with Gasteiger partial charge < -0.3 is 9.40 Å². The summed E-state index contributed by atoms with van der Waals surface area (Å²) in [4.78, 5) is 9.19. The summed E-state index contributed by atoms with van der Waals surface area (Å²) in [5.74, 6) is 7.58. The van der Waals surface area contributed by atoms with Crippen LogP contribution in [0.3, 0.4) is 0 Å². The van der Waals surface area contributed by atoms with Crippen molar-refractivity contribution in [3.63, 3.8) is 0 Å². The Balaban J connectivity index is 0.000000201. The zero-order valence-corrected chi connectivity index (χ0v) is 33.1. The monoisotopic (exact) mass is 867 g/mol. The molecule has 0 saturated carbocycles. The van der Waals surface area contributed by atoms with Gasteiger partial charge >= 0.3 is 99.8 Å². The van der Waals surface area contributed by atoms with Crippen molar-refractivity contribution in [2.75, 3.05) is 0 Å². The number of aromatic nitrogens is 2. The van der Waals surface area contributed by atoms with Gasteiger partial charge in [0.15, 0.2) is 0 Å². The predicted octanol–water partition coefficient (Wildman–Crippen LogP) is 11.0. The average Bonchev–Trinajstić information content (AvgIpc) is 3.57. The van der Waals surface area contributed by atoms with E-state index in [0.29, 0.717) is 5.92 Å². The molecule has 0 N–H and O–H groups in total. The molecule has 0 unspecified atom stereocenters. The first-order chi connectivity index (χ1) is 22.5. The molecule has 1 aliphatic rings. The number of nitrogens with zero attached hydrogens (tertiary/aromatic N) is 2. The van der Waals surface area contributed by atoms with E-state index in [1.54, 1.807) is 0 Å². The second-order valence-corrected chi connectivity index (χ2v) is 25.0. The maximum Gasteiger partial charge on any atom is 0 e. The van der Waals surface area contributed by atoms with E-state index in [9.17, 15) is 0 Å². The summed E-state index contributed by atoms with van der Waals surface area (Å²) in [5, 5.41) is 2.35. The van der Waals surface area contributed by atoms with Crippen LogP contribution in [0.2, 0.25) is 17.3 Å². The summed E-state index contributed by atoms with van der Waals surface area (Å²) in [6.07, 6.45) is 3.92. The number of rotatable bonds is 4. The quantitative estimate of drug-likeness (QED) is 0.131. The van der Waals surface area contributed by atoms with Crippen LogP contribution in [0, 0.1) is 12.1 Å². The van der Waals surface area contributed by atoms with Gasteiger partial charge in [-0.15, -0.1) is 18.2 Å². The standard InChI is InChI=1S/C29H24NO.C14H16GeN.Ir/c1-17(2)18-14-15-30-24(16-18)21-9-7-10-22-26-25(31-28(21)22)13-12-20-19-8-5-6-11-23(19)29(3,4)27(20)26;1-15(2,3)13-9-10-14(16-11-13)12-7-5-4-6-8-12;/h5-8,10-17H,1-4H3;4-7,9-11H,1-3H3;/q2*-1;. The van der Waals surface area contributed by atoms with Crippen molar-refractivity contribution in [1.29, 1.82) is 0 Å². The summed E-state index contributed by atoms with van der Waals surface area (Å²) < 4.78 is 7.93. The maximum atomic E-state index is 6.48. The summed E-state index contributed by atoms with van der Waals surface area (Å²) in [7, 11) is 0. The molecule has 243 valence electrons. The SMILES string of the molecule is CC(C)c1ccnc(-c2[c-]ccc3c2oc2ccc4c(c23)C(C)(C)c2ccccc2-4)c1.[CH3][Ge]([CH3])([CH3])[c]1ccc(-c2[c-]cccc2)nc1.[Ir]. The van der Waals surface area contributed by atoms with Gasteiger partial charge in [-0.05, 0) is 46.0 Å². The topological polar surface area (TPSA) is 38.9 Å². The third kappa shape index (κ3) is 6.11. The fourth-order valence-electron chi connectivity index (χ4n) is 6.79. The second-order valence-electron chi connectivity index (χ2n) is 14.3. The molecule has 4 aromatic carbocycles. The number of furan rings is 1. The fraction of sp³-hybridized carbons (Fsp3) is 0.209. The van der Waals surface area contributed by atoms with Crippen molar-refractivity contribution in [2.24, 2.45) is 0 Å². The molecule has 48 heavy (non-hydrogen) atoms. The van der Waals surface area contributed by atoms with E-state index in [-0.39, 0.29) is 25.5 Å². The first kappa shape index (κ1) is 34.1. The first-order valence-corrected chi connectivity index (χ1v) is 23.8. The van der Waals surface area contributed by atoms with Crippen molar-refractivity contribution >= 4 is 39.6 Å². The number of fused-ring (bicyclic) bond motifs is 7. The Morgan fingerprint density at radius 3 is 2.27 bits per heavy atom. The molecular weight excluding hydrogens is 825 g/mol. The Morgan fingerprint density at radius 2 is 1.56 bits per heavy atom. The Hall–Kier alpha value is -3.83. The third-order valence-electron chi connectivity index (χ3n) is 9.43. The molecule has 3 aromatic heterocycles. The van der Waals surface area contributed by atoms with E-state index < -0.39 is 13.3 Å². The van der Waals surface area contributed by atoms with Crippen LogP contribution < -0.4 is 4.40 Å². The van der Waals surface area contributed by atoms with E-state index >= 15 is 0 Å². The summed E-state index contributed by atoms with van der Waals surface area (Å²) in [5.41, 5.74) is 12.3. The van der Waals surface area contributed by atoms with Gasteiger partial charge in [0, 0.05) is 37.1 Å². The molecule has 0 fully saturated rings. The van der Waals surface area contributed by atoms with Crippen LogP contribution in [-0.2, 0) is 25.5 Å². The van der Waals surface area contributed by atoms with Gasteiger partial charge in [0.2, 0.25) is 0 Å².